The van der Waals surface area contributed by atoms with Crippen molar-refractivity contribution in [3.8, 4) is 23.0 Å². The molecule has 0 atom stereocenters. The van der Waals surface area contributed by atoms with Gasteiger partial charge in [0.05, 0.1) is 39.0 Å². The molecule has 4 aromatic rings. The second-order valence-corrected chi connectivity index (χ2v) is 8.56. The van der Waals surface area contributed by atoms with E-state index in [4.69, 9.17) is 23.9 Å². The Morgan fingerprint density at radius 1 is 0.919 bits per heavy atom. The molecule has 1 heterocycles. The summed E-state index contributed by atoms with van der Waals surface area (Å²) < 4.78 is 24.3. The molecule has 0 aliphatic heterocycles. The van der Waals surface area contributed by atoms with Crippen LogP contribution in [0, 0.1) is 6.92 Å². The maximum Gasteiger partial charge on any atom is 0.251 e. The van der Waals surface area contributed by atoms with Gasteiger partial charge in [0, 0.05) is 25.1 Å². The molecular weight excluding hydrogens is 470 g/mol. The maximum atomic E-state index is 12.9. The van der Waals surface area contributed by atoms with Gasteiger partial charge >= 0.3 is 0 Å². The molecule has 8 nitrogen and oxygen atoms in total. The van der Waals surface area contributed by atoms with Crippen molar-refractivity contribution in [1.29, 1.82) is 0 Å². The number of hydrogen-bond acceptors (Lipinski definition) is 6. The normalized spacial score (nSPS) is 10.8. The summed E-state index contributed by atoms with van der Waals surface area (Å²) >= 11 is 0. The van der Waals surface area contributed by atoms with Crippen molar-refractivity contribution in [2.45, 2.75) is 26.3 Å². The molecule has 3 aromatic carbocycles. The Morgan fingerprint density at radius 2 is 1.62 bits per heavy atom. The van der Waals surface area contributed by atoms with Gasteiger partial charge in [0.25, 0.3) is 5.91 Å². The van der Waals surface area contributed by atoms with Gasteiger partial charge in [-0.3, -0.25) is 4.79 Å². The standard InChI is InChI=1S/C29H33N3O5/c1-20-10-5-8-13-24(20)37-17-9-16-32-23-12-7-6-11-22(23)31-27(32)14-15-30-29(33)21-18-25(34-2)28(36-4)26(19-21)35-3/h5-8,10-13,18-19H,9,14-17H2,1-4H3,(H,30,33). The van der Waals surface area contributed by atoms with Crippen LogP contribution in [-0.2, 0) is 13.0 Å². The summed E-state index contributed by atoms with van der Waals surface area (Å²) in [5.41, 5.74) is 3.56. The minimum Gasteiger partial charge on any atom is -0.493 e. The Hall–Kier alpha value is -4.20. The summed E-state index contributed by atoms with van der Waals surface area (Å²) in [6.45, 7) is 3.85. The molecule has 8 heteroatoms. The van der Waals surface area contributed by atoms with Crippen LogP contribution in [0.5, 0.6) is 23.0 Å². The molecule has 0 bridgehead atoms. The molecule has 0 fully saturated rings. The van der Waals surface area contributed by atoms with E-state index < -0.39 is 0 Å². The van der Waals surface area contributed by atoms with E-state index in [-0.39, 0.29) is 5.91 Å². The number of nitrogens with zero attached hydrogens (tertiary/aromatic N) is 2. The highest BCUT2D eigenvalue weighted by molar-refractivity contribution is 5.95. The number of carbonyl (C=O) groups is 1. The number of imidazole rings is 1. The summed E-state index contributed by atoms with van der Waals surface area (Å²) in [6.07, 6.45) is 1.42. The number of aryl methyl sites for hydroxylation is 2. The summed E-state index contributed by atoms with van der Waals surface area (Å²) in [5.74, 6) is 2.91. The van der Waals surface area contributed by atoms with Crippen LogP contribution < -0.4 is 24.3 Å². The summed E-state index contributed by atoms with van der Waals surface area (Å²) in [7, 11) is 4.58. The number of aromatic nitrogens is 2. The third kappa shape index (κ3) is 5.97. The summed E-state index contributed by atoms with van der Waals surface area (Å²) in [6, 6.07) is 19.4. The van der Waals surface area contributed by atoms with Crippen molar-refractivity contribution in [1.82, 2.24) is 14.9 Å². The zero-order valence-electron chi connectivity index (χ0n) is 21.7. The first-order chi connectivity index (χ1) is 18.0. The third-order valence-corrected chi connectivity index (χ3v) is 6.17. The molecule has 0 spiro atoms. The van der Waals surface area contributed by atoms with Crippen LogP contribution in [0.25, 0.3) is 11.0 Å². The van der Waals surface area contributed by atoms with Gasteiger partial charge < -0.3 is 28.8 Å². The second-order valence-electron chi connectivity index (χ2n) is 8.56. The molecular formula is C29H33N3O5. The highest BCUT2D eigenvalue weighted by Gasteiger charge is 2.17. The average Bonchev–Trinajstić information content (AvgIpc) is 3.28. The van der Waals surface area contributed by atoms with Crippen molar-refractivity contribution >= 4 is 16.9 Å². The SMILES string of the molecule is COc1cc(C(=O)NCCc2nc3ccccc3n2CCCOc2ccccc2C)cc(OC)c1OC. The van der Waals surface area contributed by atoms with Crippen molar-refractivity contribution in [3.05, 3.63) is 77.6 Å². The molecule has 0 aliphatic rings. The van der Waals surface area contributed by atoms with Crippen LogP contribution in [0.1, 0.15) is 28.2 Å². The molecule has 4 rings (SSSR count). The predicted octanol–water partition coefficient (Wildman–Crippen LogP) is 4.81. The van der Waals surface area contributed by atoms with E-state index in [2.05, 4.69) is 16.0 Å². The van der Waals surface area contributed by atoms with Crippen molar-refractivity contribution in [2.24, 2.45) is 0 Å². The van der Waals surface area contributed by atoms with E-state index in [9.17, 15) is 4.79 Å². The Balaban J connectivity index is 1.41. The summed E-state index contributed by atoms with van der Waals surface area (Å²) in [5, 5.41) is 2.99. The number of methoxy groups -OCH3 is 3. The molecule has 1 amide bonds. The quantitative estimate of drug-likeness (QED) is 0.279. The first kappa shape index (κ1) is 25.9. The van der Waals surface area contributed by atoms with Gasteiger partial charge in [-0.15, -0.1) is 0 Å². The van der Waals surface area contributed by atoms with Gasteiger partial charge in [0.1, 0.15) is 11.6 Å². The number of fused-ring (bicyclic) bond motifs is 1. The number of carbonyl (C=O) groups excluding carboxylic acids is 1. The van der Waals surface area contributed by atoms with Gasteiger partial charge in [-0.05, 0) is 49.2 Å². The number of para-hydroxylation sites is 3. The topological polar surface area (TPSA) is 83.8 Å². The lowest BCUT2D eigenvalue weighted by Gasteiger charge is -2.14. The molecule has 0 saturated carbocycles. The van der Waals surface area contributed by atoms with Gasteiger partial charge in [0.15, 0.2) is 11.5 Å². The average molecular weight is 504 g/mol. The minimum absolute atomic E-state index is 0.228. The lowest BCUT2D eigenvalue weighted by molar-refractivity contribution is 0.0953. The Labute approximate surface area is 217 Å². The zero-order valence-corrected chi connectivity index (χ0v) is 21.7. The van der Waals surface area contributed by atoms with Gasteiger partial charge in [0.2, 0.25) is 5.75 Å². The lowest BCUT2D eigenvalue weighted by Crippen LogP contribution is -2.26. The Morgan fingerprint density at radius 3 is 2.32 bits per heavy atom. The predicted molar refractivity (Wildman–Crippen MR) is 143 cm³/mol. The zero-order chi connectivity index (χ0) is 26.2. The van der Waals surface area contributed by atoms with E-state index in [1.807, 2.05) is 49.4 Å². The third-order valence-electron chi connectivity index (χ3n) is 6.17. The number of amides is 1. The maximum absolute atomic E-state index is 12.9. The first-order valence-corrected chi connectivity index (χ1v) is 12.3. The highest BCUT2D eigenvalue weighted by atomic mass is 16.5. The van der Waals surface area contributed by atoms with E-state index in [0.717, 1.165) is 41.1 Å². The monoisotopic (exact) mass is 503 g/mol. The van der Waals surface area contributed by atoms with Crippen LogP contribution in [0.4, 0.5) is 0 Å². The van der Waals surface area contributed by atoms with E-state index in [1.54, 1.807) is 12.1 Å². The fraction of sp³-hybridized carbons (Fsp3) is 0.310. The molecule has 0 aliphatic carbocycles. The molecule has 37 heavy (non-hydrogen) atoms. The van der Waals surface area contributed by atoms with E-state index in [1.165, 1.54) is 21.3 Å². The summed E-state index contributed by atoms with van der Waals surface area (Å²) in [4.78, 5) is 17.7. The minimum atomic E-state index is -0.228. The van der Waals surface area contributed by atoms with Crippen LogP contribution in [0.3, 0.4) is 0 Å². The van der Waals surface area contributed by atoms with Gasteiger partial charge in [-0.2, -0.15) is 0 Å². The van der Waals surface area contributed by atoms with E-state index in [0.29, 0.717) is 42.4 Å². The van der Waals surface area contributed by atoms with E-state index >= 15 is 0 Å². The van der Waals surface area contributed by atoms with Crippen LogP contribution in [-0.4, -0.2) is 49.9 Å². The number of ether oxygens (including phenoxy) is 4. The van der Waals surface area contributed by atoms with Gasteiger partial charge in [-0.1, -0.05) is 30.3 Å². The molecule has 0 radical (unpaired) electrons. The second kappa shape index (κ2) is 12.2. The van der Waals surface area contributed by atoms with Crippen LogP contribution >= 0.6 is 0 Å². The van der Waals surface area contributed by atoms with Crippen molar-refractivity contribution in [3.63, 3.8) is 0 Å². The number of hydrogen-bond donors (Lipinski definition) is 1. The highest BCUT2D eigenvalue weighted by Crippen LogP contribution is 2.38. The lowest BCUT2D eigenvalue weighted by atomic mass is 10.1. The Bertz CT molecular complexity index is 1340. The van der Waals surface area contributed by atoms with Crippen molar-refractivity contribution in [2.75, 3.05) is 34.5 Å². The largest absolute Gasteiger partial charge is 0.493 e. The molecule has 1 aromatic heterocycles. The molecule has 1 N–H and O–H groups in total. The number of nitrogens with one attached hydrogen (secondary N) is 1. The molecule has 0 unspecified atom stereocenters. The van der Waals surface area contributed by atoms with Crippen LogP contribution in [0.2, 0.25) is 0 Å². The fourth-order valence-electron chi connectivity index (χ4n) is 4.29. The fourth-order valence-corrected chi connectivity index (χ4v) is 4.29. The Kier molecular flexibility index (Phi) is 8.51. The van der Waals surface area contributed by atoms with Crippen molar-refractivity contribution < 1.29 is 23.7 Å². The number of rotatable bonds is 12. The van der Waals surface area contributed by atoms with Gasteiger partial charge in [-0.25, -0.2) is 4.98 Å². The molecule has 194 valence electrons. The van der Waals surface area contributed by atoms with Crippen LogP contribution in [0.15, 0.2) is 60.7 Å². The first-order valence-electron chi connectivity index (χ1n) is 12.3. The number of benzene rings is 3. The smallest absolute Gasteiger partial charge is 0.251 e. The molecule has 0 saturated heterocycles.